The van der Waals surface area contributed by atoms with Gasteiger partial charge in [0.15, 0.2) is 5.16 Å². The molecular weight excluding hydrogens is 350 g/mol. The van der Waals surface area contributed by atoms with Gasteiger partial charge in [-0.2, -0.15) is 0 Å². The van der Waals surface area contributed by atoms with E-state index in [4.69, 9.17) is 9.47 Å². The summed E-state index contributed by atoms with van der Waals surface area (Å²) in [7, 11) is 3.13. The molecule has 7 heteroatoms. The minimum Gasteiger partial charge on any atom is -0.497 e. The maximum absolute atomic E-state index is 12.3. The summed E-state index contributed by atoms with van der Waals surface area (Å²) in [4.78, 5) is 19.8. The fourth-order valence-electron chi connectivity index (χ4n) is 2.37. The van der Waals surface area contributed by atoms with Gasteiger partial charge in [-0.25, -0.2) is 4.98 Å². The van der Waals surface area contributed by atoms with Crippen molar-refractivity contribution < 1.29 is 14.3 Å². The van der Waals surface area contributed by atoms with Gasteiger partial charge in [0.1, 0.15) is 11.5 Å². The molecule has 3 aromatic rings. The smallest absolute Gasteiger partial charge is 0.234 e. The number of amides is 1. The Morgan fingerprint density at radius 1 is 1.15 bits per heavy atom. The topological polar surface area (TPSA) is 76.2 Å². The minimum absolute atomic E-state index is 0.154. The number of methoxy groups -OCH3 is 2. The monoisotopic (exact) mass is 369 g/mol. The van der Waals surface area contributed by atoms with Crippen molar-refractivity contribution in [1.29, 1.82) is 0 Å². The molecule has 0 spiro atoms. The van der Waals surface area contributed by atoms with Crippen LogP contribution in [0.1, 0.15) is 0 Å². The Morgan fingerprint density at radius 3 is 2.69 bits per heavy atom. The Hall–Kier alpha value is -2.93. The Labute approximate surface area is 155 Å². The molecule has 6 nitrogen and oxygen atoms in total. The predicted octanol–water partition coefficient (Wildman–Crippen LogP) is 3.82. The van der Waals surface area contributed by atoms with Crippen LogP contribution in [0.15, 0.2) is 59.9 Å². The van der Waals surface area contributed by atoms with Crippen molar-refractivity contribution in [3.8, 4) is 22.8 Å². The number of aromatic amines is 1. The van der Waals surface area contributed by atoms with Crippen molar-refractivity contribution in [2.45, 2.75) is 5.16 Å². The number of aromatic nitrogens is 2. The Bertz CT molecular complexity index is 881. The molecule has 0 saturated heterocycles. The van der Waals surface area contributed by atoms with Crippen LogP contribution in [0.2, 0.25) is 0 Å². The van der Waals surface area contributed by atoms with Crippen LogP contribution in [0.5, 0.6) is 11.5 Å². The average molecular weight is 369 g/mol. The molecule has 3 rings (SSSR count). The van der Waals surface area contributed by atoms with E-state index in [2.05, 4.69) is 15.3 Å². The van der Waals surface area contributed by atoms with E-state index >= 15 is 0 Å². The minimum atomic E-state index is -0.154. The van der Waals surface area contributed by atoms with E-state index in [1.807, 2.05) is 30.3 Å². The predicted molar refractivity (Wildman–Crippen MR) is 103 cm³/mol. The molecular formula is C19H19N3O3S. The number of thioether (sulfide) groups is 1. The van der Waals surface area contributed by atoms with E-state index in [-0.39, 0.29) is 11.7 Å². The van der Waals surface area contributed by atoms with Crippen LogP contribution >= 0.6 is 11.8 Å². The van der Waals surface area contributed by atoms with Crippen molar-refractivity contribution in [3.05, 3.63) is 54.7 Å². The first kappa shape index (κ1) is 17.9. The fraction of sp³-hybridized carbons (Fsp3) is 0.158. The second-order valence-corrected chi connectivity index (χ2v) is 6.34. The van der Waals surface area contributed by atoms with Gasteiger partial charge in [-0.05, 0) is 17.7 Å². The first-order valence-corrected chi connectivity index (χ1v) is 8.93. The second kappa shape index (κ2) is 8.44. The zero-order valence-electron chi connectivity index (χ0n) is 14.5. The summed E-state index contributed by atoms with van der Waals surface area (Å²) < 4.78 is 10.4. The largest absolute Gasteiger partial charge is 0.497 e. The SMILES string of the molecule is COc1ccc(OC)c(NC(=O)CSc2ncc(-c3ccccc3)[nH]2)c1. The van der Waals surface area contributed by atoms with Crippen LogP contribution in [0.3, 0.4) is 0 Å². The van der Waals surface area contributed by atoms with E-state index in [1.54, 1.807) is 38.6 Å². The van der Waals surface area contributed by atoms with Gasteiger partial charge in [0, 0.05) is 6.07 Å². The van der Waals surface area contributed by atoms with Crippen LogP contribution in [0.25, 0.3) is 11.3 Å². The molecule has 1 heterocycles. The third-order valence-electron chi connectivity index (χ3n) is 3.66. The van der Waals surface area contributed by atoms with E-state index in [9.17, 15) is 4.79 Å². The lowest BCUT2D eigenvalue weighted by molar-refractivity contribution is -0.113. The summed E-state index contributed by atoms with van der Waals surface area (Å²) in [5.41, 5.74) is 2.54. The molecule has 0 fully saturated rings. The fourth-order valence-corrected chi connectivity index (χ4v) is 3.02. The summed E-state index contributed by atoms with van der Waals surface area (Å²) in [6.45, 7) is 0. The number of rotatable bonds is 7. The lowest BCUT2D eigenvalue weighted by Crippen LogP contribution is -2.14. The zero-order valence-corrected chi connectivity index (χ0v) is 15.3. The maximum atomic E-state index is 12.3. The zero-order chi connectivity index (χ0) is 18.4. The first-order chi connectivity index (χ1) is 12.7. The van der Waals surface area contributed by atoms with Crippen LogP contribution in [0.4, 0.5) is 5.69 Å². The molecule has 0 radical (unpaired) electrons. The standard InChI is InChI=1S/C19H19N3O3S/c1-24-14-8-9-17(25-2)15(10-14)21-18(23)12-26-19-20-11-16(22-19)13-6-4-3-5-7-13/h3-11H,12H2,1-2H3,(H,20,22)(H,21,23). The lowest BCUT2D eigenvalue weighted by Gasteiger charge is -2.11. The van der Waals surface area contributed by atoms with Crippen LogP contribution < -0.4 is 14.8 Å². The van der Waals surface area contributed by atoms with Gasteiger partial charge in [-0.1, -0.05) is 42.1 Å². The Kier molecular flexibility index (Phi) is 5.80. The molecule has 2 aromatic carbocycles. The van der Waals surface area contributed by atoms with Gasteiger partial charge in [0.25, 0.3) is 0 Å². The summed E-state index contributed by atoms with van der Waals surface area (Å²) >= 11 is 1.34. The summed E-state index contributed by atoms with van der Waals surface area (Å²) in [5.74, 6) is 1.29. The van der Waals surface area contributed by atoms with Gasteiger partial charge in [0.05, 0.1) is 37.6 Å². The summed E-state index contributed by atoms with van der Waals surface area (Å²) in [6.07, 6.45) is 1.76. The van der Waals surface area contributed by atoms with Gasteiger partial charge >= 0.3 is 0 Å². The van der Waals surface area contributed by atoms with Crippen molar-refractivity contribution >= 4 is 23.4 Å². The van der Waals surface area contributed by atoms with E-state index in [0.717, 1.165) is 11.3 Å². The Balaban J connectivity index is 1.61. The third-order valence-corrected chi connectivity index (χ3v) is 4.55. The number of H-pyrrole nitrogens is 1. The molecule has 134 valence electrons. The molecule has 0 aliphatic heterocycles. The maximum Gasteiger partial charge on any atom is 0.234 e. The highest BCUT2D eigenvalue weighted by Crippen LogP contribution is 2.29. The number of nitrogens with one attached hydrogen (secondary N) is 2. The molecule has 0 atom stereocenters. The van der Waals surface area contributed by atoms with Crippen molar-refractivity contribution in [1.82, 2.24) is 9.97 Å². The molecule has 0 saturated carbocycles. The number of anilines is 1. The molecule has 0 aliphatic carbocycles. The quantitative estimate of drug-likeness (QED) is 0.619. The van der Waals surface area contributed by atoms with E-state index in [0.29, 0.717) is 22.3 Å². The number of nitrogens with zero attached hydrogens (tertiary/aromatic N) is 1. The van der Waals surface area contributed by atoms with Gasteiger partial charge in [-0.3, -0.25) is 4.79 Å². The number of ether oxygens (including phenoxy) is 2. The highest BCUT2D eigenvalue weighted by atomic mass is 32.2. The highest BCUT2D eigenvalue weighted by Gasteiger charge is 2.11. The van der Waals surface area contributed by atoms with E-state index in [1.165, 1.54) is 11.8 Å². The van der Waals surface area contributed by atoms with Crippen molar-refractivity contribution in [2.24, 2.45) is 0 Å². The molecule has 1 amide bonds. The Morgan fingerprint density at radius 2 is 1.96 bits per heavy atom. The summed E-state index contributed by atoms with van der Waals surface area (Å²) in [5, 5.41) is 3.53. The van der Waals surface area contributed by atoms with Crippen LogP contribution in [-0.2, 0) is 4.79 Å². The van der Waals surface area contributed by atoms with Gasteiger partial charge in [0.2, 0.25) is 5.91 Å². The molecule has 26 heavy (non-hydrogen) atoms. The number of carbonyl (C=O) groups excluding carboxylic acids is 1. The van der Waals surface area contributed by atoms with Gasteiger partial charge < -0.3 is 19.8 Å². The van der Waals surface area contributed by atoms with Crippen molar-refractivity contribution in [3.63, 3.8) is 0 Å². The molecule has 1 aromatic heterocycles. The molecule has 0 aliphatic rings. The molecule has 2 N–H and O–H groups in total. The second-order valence-electron chi connectivity index (χ2n) is 5.37. The number of carbonyl (C=O) groups is 1. The summed E-state index contributed by atoms with van der Waals surface area (Å²) in [6, 6.07) is 15.2. The number of imidazole rings is 1. The van der Waals surface area contributed by atoms with E-state index < -0.39 is 0 Å². The molecule has 0 unspecified atom stereocenters. The number of hydrogen-bond donors (Lipinski definition) is 2. The third kappa shape index (κ3) is 4.37. The molecule has 0 bridgehead atoms. The first-order valence-electron chi connectivity index (χ1n) is 7.94. The lowest BCUT2D eigenvalue weighted by atomic mass is 10.2. The normalized spacial score (nSPS) is 10.4. The van der Waals surface area contributed by atoms with Gasteiger partial charge in [-0.15, -0.1) is 0 Å². The average Bonchev–Trinajstić information content (AvgIpc) is 3.16. The van der Waals surface area contributed by atoms with Crippen LogP contribution in [-0.4, -0.2) is 35.8 Å². The van der Waals surface area contributed by atoms with Crippen LogP contribution in [0, 0.1) is 0 Å². The van der Waals surface area contributed by atoms with Crippen molar-refractivity contribution in [2.75, 3.05) is 25.3 Å². The highest BCUT2D eigenvalue weighted by molar-refractivity contribution is 7.99. The number of benzene rings is 2. The number of hydrogen-bond acceptors (Lipinski definition) is 5.